The van der Waals surface area contributed by atoms with Crippen molar-refractivity contribution in [1.29, 1.82) is 0 Å². The van der Waals surface area contributed by atoms with E-state index in [1.807, 2.05) is 25.1 Å². The van der Waals surface area contributed by atoms with Crippen molar-refractivity contribution in [3.8, 4) is 11.5 Å². The lowest BCUT2D eigenvalue weighted by Crippen LogP contribution is -2.26. The van der Waals surface area contributed by atoms with Crippen LogP contribution < -0.4 is 15.2 Å². The van der Waals surface area contributed by atoms with Crippen LogP contribution in [0.4, 0.5) is 0 Å². The Bertz CT molecular complexity index is 413. The summed E-state index contributed by atoms with van der Waals surface area (Å²) in [6.07, 6.45) is 1.12. The molecular weight excluding hydrogens is 290 g/mol. The molecule has 0 saturated heterocycles. The quantitative estimate of drug-likeness (QED) is 0.772. The molecule has 0 aliphatic heterocycles. The summed E-state index contributed by atoms with van der Waals surface area (Å²) in [5.41, 5.74) is 6.99. The van der Waals surface area contributed by atoms with Gasteiger partial charge in [0.1, 0.15) is 0 Å². The van der Waals surface area contributed by atoms with Crippen LogP contribution in [0.5, 0.6) is 11.5 Å². The number of methoxy groups -OCH3 is 1. The monoisotopic (exact) mass is 317 g/mol. The second kappa shape index (κ2) is 9.87. The summed E-state index contributed by atoms with van der Waals surface area (Å²) in [4.78, 5) is 0. The Morgan fingerprint density at radius 2 is 1.86 bits per heavy atom. The van der Waals surface area contributed by atoms with E-state index in [0.717, 1.165) is 12.0 Å². The molecule has 122 valence electrons. The lowest BCUT2D eigenvalue weighted by atomic mass is 9.96. The normalized spacial score (nSPS) is 13.5. The molecule has 0 aliphatic rings. The van der Waals surface area contributed by atoms with E-state index < -0.39 is 12.1 Å². The van der Waals surface area contributed by atoms with Crippen molar-refractivity contribution < 1.29 is 14.6 Å². The molecule has 0 spiro atoms. The van der Waals surface area contributed by atoms with Gasteiger partial charge in [-0.15, -0.1) is 12.4 Å². The standard InChI is InChI=1S/C16H27NO3.ClH/c1-5-20-14-9-7-12(10-15(14)19-4)16(17)13(18)8-6-11(2)3;/h7,9-11,13,16,18H,5-6,8,17H2,1-4H3;1H/t13-,16+;/m0./s1. The average molecular weight is 318 g/mol. The van der Waals surface area contributed by atoms with E-state index in [0.29, 0.717) is 30.4 Å². The van der Waals surface area contributed by atoms with Crippen molar-refractivity contribution in [2.75, 3.05) is 13.7 Å². The van der Waals surface area contributed by atoms with Crippen molar-refractivity contribution in [1.82, 2.24) is 0 Å². The van der Waals surface area contributed by atoms with Crippen LogP contribution in [0.15, 0.2) is 18.2 Å². The largest absolute Gasteiger partial charge is 0.493 e. The molecule has 21 heavy (non-hydrogen) atoms. The number of ether oxygens (including phenoxy) is 2. The Labute approximate surface area is 134 Å². The van der Waals surface area contributed by atoms with Gasteiger partial charge in [-0.2, -0.15) is 0 Å². The molecule has 0 unspecified atom stereocenters. The first-order chi connectivity index (χ1) is 9.49. The topological polar surface area (TPSA) is 64.7 Å². The van der Waals surface area contributed by atoms with Crippen LogP contribution in [0.1, 0.15) is 45.2 Å². The van der Waals surface area contributed by atoms with E-state index in [1.165, 1.54) is 0 Å². The summed E-state index contributed by atoms with van der Waals surface area (Å²) < 4.78 is 10.8. The molecule has 0 amide bonds. The highest BCUT2D eigenvalue weighted by Gasteiger charge is 2.18. The molecule has 1 aromatic rings. The van der Waals surface area contributed by atoms with Gasteiger partial charge in [0.2, 0.25) is 0 Å². The van der Waals surface area contributed by atoms with Crippen LogP contribution in [0, 0.1) is 5.92 Å². The minimum Gasteiger partial charge on any atom is -0.493 e. The molecule has 1 rings (SSSR count). The van der Waals surface area contributed by atoms with Crippen LogP contribution >= 0.6 is 12.4 Å². The summed E-state index contributed by atoms with van der Waals surface area (Å²) in [7, 11) is 1.60. The van der Waals surface area contributed by atoms with E-state index >= 15 is 0 Å². The maximum absolute atomic E-state index is 10.2. The Morgan fingerprint density at radius 3 is 2.38 bits per heavy atom. The highest BCUT2D eigenvalue weighted by atomic mass is 35.5. The first-order valence-electron chi connectivity index (χ1n) is 7.24. The van der Waals surface area contributed by atoms with Gasteiger partial charge in [-0.25, -0.2) is 0 Å². The van der Waals surface area contributed by atoms with E-state index in [-0.39, 0.29) is 12.4 Å². The van der Waals surface area contributed by atoms with Crippen molar-refractivity contribution in [3.63, 3.8) is 0 Å². The Hall–Kier alpha value is -0.970. The smallest absolute Gasteiger partial charge is 0.161 e. The SMILES string of the molecule is CCOc1ccc([C@@H](N)[C@@H](O)CCC(C)C)cc1OC.Cl. The third-order valence-electron chi connectivity index (χ3n) is 3.33. The molecular formula is C16H28ClNO3. The van der Waals surface area contributed by atoms with Crippen LogP contribution in [0.2, 0.25) is 0 Å². The second-order valence-corrected chi connectivity index (χ2v) is 5.41. The van der Waals surface area contributed by atoms with Gasteiger partial charge in [-0.05, 0) is 43.4 Å². The molecule has 5 heteroatoms. The minimum absolute atomic E-state index is 0. The molecule has 0 aliphatic carbocycles. The van der Waals surface area contributed by atoms with Crippen LogP contribution in [-0.2, 0) is 0 Å². The zero-order valence-electron chi connectivity index (χ0n) is 13.3. The van der Waals surface area contributed by atoms with Gasteiger partial charge in [0.25, 0.3) is 0 Å². The zero-order valence-corrected chi connectivity index (χ0v) is 14.2. The fraction of sp³-hybridized carbons (Fsp3) is 0.625. The van der Waals surface area contributed by atoms with Crippen LogP contribution in [0.3, 0.4) is 0 Å². The third kappa shape index (κ3) is 6.12. The lowest BCUT2D eigenvalue weighted by molar-refractivity contribution is 0.128. The van der Waals surface area contributed by atoms with E-state index in [9.17, 15) is 5.11 Å². The van der Waals surface area contributed by atoms with Gasteiger partial charge >= 0.3 is 0 Å². The van der Waals surface area contributed by atoms with E-state index in [4.69, 9.17) is 15.2 Å². The Balaban J connectivity index is 0.00000400. The summed E-state index contributed by atoms with van der Waals surface area (Å²) in [6, 6.07) is 5.16. The van der Waals surface area contributed by atoms with Crippen molar-refractivity contribution in [3.05, 3.63) is 23.8 Å². The maximum Gasteiger partial charge on any atom is 0.161 e. The number of nitrogens with two attached hydrogens (primary N) is 1. The molecule has 4 nitrogen and oxygen atoms in total. The van der Waals surface area contributed by atoms with Gasteiger partial charge < -0.3 is 20.3 Å². The van der Waals surface area contributed by atoms with E-state index in [1.54, 1.807) is 7.11 Å². The number of benzene rings is 1. The zero-order chi connectivity index (χ0) is 15.1. The van der Waals surface area contributed by atoms with Gasteiger partial charge in [0.15, 0.2) is 11.5 Å². The molecule has 0 fully saturated rings. The molecule has 0 bridgehead atoms. The summed E-state index contributed by atoms with van der Waals surface area (Å²) >= 11 is 0. The number of rotatable bonds is 8. The van der Waals surface area contributed by atoms with Crippen molar-refractivity contribution in [2.24, 2.45) is 11.7 Å². The number of halogens is 1. The average Bonchev–Trinajstić information content (AvgIpc) is 2.44. The Kier molecular flexibility index (Phi) is 9.42. The molecule has 0 aromatic heterocycles. The predicted molar refractivity (Wildman–Crippen MR) is 88.4 cm³/mol. The van der Waals surface area contributed by atoms with Crippen LogP contribution in [0.25, 0.3) is 0 Å². The summed E-state index contributed by atoms with van der Waals surface area (Å²) in [5, 5.41) is 10.2. The second-order valence-electron chi connectivity index (χ2n) is 5.41. The van der Waals surface area contributed by atoms with E-state index in [2.05, 4.69) is 13.8 Å². The summed E-state index contributed by atoms with van der Waals surface area (Å²) in [6.45, 7) is 6.78. The first kappa shape index (κ1) is 20.0. The van der Waals surface area contributed by atoms with Crippen LogP contribution in [-0.4, -0.2) is 24.9 Å². The third-order valence-corrected chi connectivity index (χ3v) is 3.33. The fourth-order valence-corrected chi connectivity index (χ4v) is 2.07. The highest BCUT2D eigenvalue weighted by molar-refractivity contribution is 5.85. The number of aliphatic hydroxyl groups is 1. The molecule has 0 radical (unpaired) electrons. The van der Waals surface area contributed by atoms with Gasteiger partial charge in [0.05, 0.1) is 25.9 Å². The first-order valence-corrected chi connectivity index (χ1v) is 7.24. The molecule has 1 aromatic carbocycles. The number of hydrogen-bond acceptors (Lipinski definition) is 4. The van der Waals surface area contributed by atoms with Crippen molar-refractivity contribution >= 4 is 12.4 Å². The fourth-order valence-electron chi connectivity index (χ4n) is 2.07. The molecule has 0 saturated carbocycles. The van der Waals surface area contributed by atoms with Gasteiger partial charge in [-0.3, -0.25) is 0 Å². The maximum atomic E-state index is 10.2. The van der Waals surface area contributed by atoms with Crippen molar-refractivity contribution in [2.45, 2.75) is 45.8 Å². The minimum atomic E-state index is -0.542. The lowest BCUT2D eigenvalue weighted by Gasteiger charge is -2.21. The highest BCUT2D eigenvalue weighted by Crippen LogP contribution is 2.31. The van der Waals surface area contributed by atoms with Gasteiger partial charge in [0, 0.05) is 0 Å². The van der Waals surface area contributed by atoms with Gasteiger partial charge in [-0.1, -0.05) is 19.9 Å². The predicted octanol–water partition coefficient (Wildman–Crippen LogP) is 3.31. The molecule has 3 N–H and O–H groups in total. The Morgan fingerprint density at radius 1 is 1.19 bits per heavy atom. The number of aliphatic hydroxyl groups excluding tert-OH is 1. The molecule has 0 heterocycles. The molecule has 2 atom stereocenters. The summed E-state index contributed by atoms with van der Waals surface area (Å²) in [5.74, 6) is 1.91. The number of hydrogen-bond donors (Lipinski definition) is 2.